The van der Waals surface area contributed by atoms with Gasteiger partial charge in [-0.2, -0.15) is 0 Å². The first-order valence-corrected chi connectivity index (χ1v) is 12.3. The molecule has 0 bridgehead atoms. The molecular weight excluding hydrogens is 454 g/mol. The second-order valence-corrected chi connectivity index (χ2v) is 9.25. The number of nitrogens with two attached hydrogens (primary N) is 2. The van der Waals surface area contributed by atoms with Crippen LogP contribution in [0.1, 0.15) is 64.7 Å². The monoisotopic (exact) mass is 489 g/mol. The molecule has 1 aliphatic rings. The minimum atomic E-state index is -0.826. The maximum absolute atomic E-state index is 11.3. The van der Waals surface area contributed by atoms with Gasteiger partial charge in [-0.3, -0.25) is 9.59 Å². The summed E-state index contributed by atoms with van der Waals surface area (Å²) in [5.74, 6) is -1.35. The molecule has 7 nitrogen and oxygen atoms in total. The van der Waals surface area contributed by atoms with Crippen LogP contribution in [-0.4, -0.2) is 28.1 Å². The highest BCUT2D eigenvalue weighted by atomic mass is 16.5. The van der Waals surface area contributed by atoms with E-state index in [1.165, 1.54) is 42.4 Å². The Balaban J connectivity index is 0.000000212. The van der Waals surface area contributed by atoms with Crippen LogP contribution in [0.4, 0.5) is 5.82 Å². The number of hydrogen-bond donors (Lipinski definition) is 3. The zero-order valence-electron chi connectivity index (χ0n) is 21.0. The molecule has 2 aromatic carbocycles. The molecule has 1 aliphatic carbocycles. The minimum Gasteiger partial charge on any atom is -0.481 e. The first-order chi connectivity index (χ1) is 17.2. The van der Waals surface area contributed by atoms with E-state index in [-0.39, 0.29) is 17.8 Å². The van der Waals surface area contributed by atoms with Crippen LogP contribution in [0.15, 0.2) is 54.7 Å². The van der Waals surface area contributed by atoms with E-state index in [0.717, 1.165) is 23.3 Å². The van der Waals surface area contributed by atoms with Crippen molar-refractivity contribution < 1.29 is 19.4 Å². The van der Waals surface area contributed by atoms with Gasteiger partial charge >= 0.3 is 5.97 Å². The Morgan fingerprint density at radius 1 is 0.972 bits per heavy atom. The third kappa shape index (κ3) is 7.92. The summed E-state index contributed by atoms with van der Waals surface area (Å²) in [6, 6.07) is 15.6. The Bertz CT molecular complexity index is 1190. The van der Waals surface area contributed by atoms with Crippen molar-refractivity contribution in [3.05, 3.63) is 82.5 Å². The lowest BCUT2D eigenvalue weighted by Gasteiger charge is -2.11. The van der Waals surface area contributed by atoms with E-state index in [1.54, 1.807) is 12.3 Å². The third-order valence-electron chi connectivity index (χ3n) is 6.46. The van der Waals surface area contributed by atoms with Gasteiger partial charge in [0, 0.05) is 18.2 Å². The van der Waals surface area contributed by atoms with Crippen LogP contribution < -0.4 is 11.5 Å². The van der Waals surface area contributed by atoms with Gasteiger partial charge in [0.25, 0.3) is 5.91 Å². The van der Waals surface area contributed by atoms with Crippen LogP contribution in [-0.2, 0) is 22.6 Å². The van der Waals surface area contributed by atoms with Gasteiger partial charge in [0.05, 0.1) is 18.3 Å². The topological polar surface area (TPSA) is 129 Å². The molecule has 0 atom stereocenters. The van der Waals surface area contributed by atoms with Gasteiger partial charge in [0.15, 0.2) is 0 Å². The van der Waals surface area contributed by atoms with Gasteiger partial charge < -0.3 is 21.3 Å². The van der Waals surface area contributed by atoms with Crippen LogP contribution in [0.2, 0.25) is 0 Å². The summed E-state index contributed by atoms with van der Waals surface area (Å²) in [4.78, 5) is 25.7. The number of pyridine rings is 1. The largest absolute Gasteiger partial charge is 0.481 e. The number of aromatic nitrogens is 1. The number of rotatable bonds is 8. The highest BCUT2D eigenvalue weighted by molar-refractivity contribution is 5.98. The smallest absolute Gasteiger partial charge is 0.303 e. The number of nitrogen functional groups attached to an aromatic ring is 1. The fraction of sp³-hybridized carbons (Fsp3) is 0.345. The van der Waals surface area contributed by atoms with Gasteiger partial charge in [-0.15, -0.1) is 0 Å². The zero-order chi connectivity index (χ0) is 26.1. The molecule has 190 valence electrons. The Hall–Kier alpha value is -3.71. The van der Waals surface area contributed by atoms with E-state index in [4.69, 9.17) is 21.3 Å². The molecule has 0 aliphatic heterocycles. The van der Waals surface area contributed by atoms with Crippen molar-refractivity contribution in [3.8, 4) is 11.1 Å². The number of nitrogens with zero attached hydrogens (tertiary/aromatic N) is 1. The van der Waals surface area contributed by atoms with Crippen molar-refractivity contribution in [3.63, 3.8) is 0 Å². The average Bonchev–Trinajstić information content (AvgIpc) is 3.38. The minimum absolute atomic E-state index is 0.0919. The Morgan fingerprint density at radius 3 is 2.25 bits per heavy atom. The zero-order valence-corrected chi connectivity index (χ0v) is 21.0. The number of carboxylic acids is 1. The normalized spacial score (nSPS) is 13.2. The van der Waals surface area contributed by atoms with Crippen molar-refractivity contribution in [2.24, 2.45) is 5.73 Å². The number of carbonyl (C=O) groups is 2. The number of benzene rings is 2. The fourth-order valence-electron chi connectivity index (χ4n) is 4.11. The summed E-state index contributed by atoms with van der Waals surface area (Å²) in [5.41, 5.74) is 17.6. The lowest BCUT2D eigenvalue weighted by Crippen LogP contribution is -2.14. The van der Waals surface area contributed by atoms with Gasteiger partial charge in [0.2, 0.25) is 0 Å². The van der Waals surface area contributed by atoms with Crippen LogP contribution in [0.25, 0.3) is 11.1 Å². The molecule has 0 unspecified atom stereocenters. The number of aryl methyl sites for hydroxylation is 3. The number of amides is 1. The Kier molecular flexibility index (Phi) is 9.59. The summed E-state index contributed by atoms with van der Waals surface area (Å²) in [6.07, 6.45) is 7.85. The lowest BCUT2D eigenvalue weighted by molar-refractivity contribution is -0.136. The summed E-state index contributed by atoms with van der Waals surface area (Å²) >= 11 is 0. The highest BCUT2D eigenvalue weighted by Crippen LogP contribution is 2.23. The van der Waals surface area contributed by atoms with Gasteiger partial charge in [-0.05, 0) is 67.0 Å². The quantitative estimate of drug-likeness (QED) is 0.398. The molecule has 36 heavy (non-hydrogen) atoms. The number of carboxylic acid groups (broad SMARTS) is 1. The van der Waals surface area contributed by atoms with Crippen molar-refractivity contribution in [2.75, 3.05) is 5.73 Å². The molecule has 1 saturated carbocycles. The molecule has 0 spiro atoms. The van der Waals surface area contributed by atoms with Crippen LogP contribution in [0.5, 0.6) is 0 Å². The van der Waals surface area contributed by atoms with E-state index in [9.17, 15) is 9.59 Å². The van der Waals surface area contributed by atoms with E-state index in [0.29, 0.717) is 12.5 Å². The molecule has 1 fully saturated rings. The maximum Gasteiger partial charge on any atom is 0.303 e. The molecule has 0 saturated heterocycles. The molecular formula is C29H35N3O4. The summed E-state index contributed by atoms with van der Waals surface area (Å²) in [7, 11) is 0. The summed E-state index contributed by atoms with van der Waals surface area (Å²) in [5, 5.41) is 8.65. The standard InChI is InChI=1S/C15H15N3O3.C14H20O/c16-14-12(15(17)21)7-11(8-18-14)10-4-1-9(2-5-10)3-6-13(19)20;1-11-7-8-13(9-12(11)2)10-15-14-5-3-4-6-14/h1-2,4-5,7-8H,3,6H2,(H2,16,18)(H2,17,21)(H,19,20);7-9,14H,3-6,10H2,1-2H3. The lowest BCUT2D eigenvalue weighted by atomic mass is 10.0. The second kappa shape index (κ2) is 12.8. The van der Waals surface area contributed by atoms with Crippen LogP contribution >= 0.6 is 0 Å². The average molecular weight is 490 g/mol. The number of carbonyl (C=O) groups excluding carboxylic acids is 1. The van der Waals surface area contributed by atoms with E-state index >= 15 is 0 Å². The van der Waals surface area contributed by atoms with Crippen LogP contribution in [0, 0.1) is 13.8 Å². The van der Waals surface area contributed by atoms with Crippen molar-refractivity contribution in [1.29, 1.82) is 0 Å². The molecule has 0 radical (unpaired) electrons. The predicted molar refractivity (Wildman–Crippen MR) is 142 cm³/mol. The van der Waals surface area contributed by atoms with Crippen LogP contribution in [0.3, 0.4) is 0 Å². The number of ether oxygens (including phenoxy) is 1. The summed E-state index contributed by atoms with van der Waals surface area (Å²) in [6.45, 7) is 5.09. The number of primary amides is 1. The third-order valence-corrected chi connectivity index (χ3v) is 6.46. The molecule has 1 heterocycles. The van der Waals surface area contributed by atoms with Crippen molar-refractivity contribution in [2.45, 2.75) is 65.1 Å². The van der Waals surface area contributed by atoms with Gasteiger partial charge in [-0.25, -0.2) is 4.98 Å². The number of aliphatic carboxylic acids is 1. The molecule has 1 amide bonds. The van der Waals surface area contributed by atoms with Crippen molar-refractivity contribution in [1.82, 2.24) is 4.98 Å². The first-order valence-electron chi connectivity index (χ1n) is 12.3. The first kappa shape index (κ1) is 26.9. The predicted octanol–water partition coefficient (Wildman–Crippen LogP) is 5.21. The fourth-order valence-corrected chi connectivity index (χ4v) is 4.11. The Morgan fingerprint density at radius 2 is 1.64 bits per heavy atom. The number of anilines is 1. The highest BCUT2D eigenvalue weighted by Gasteiger charge is 2.15. The van der Waals surface area contributed by atoms with Crippen molar-refractivity contribution >= 4 is 17.7 Å². The molecule has 3 aromatic rings. The van der Waals surface area contributed by atoms with E-state index in [2.05, 4.69) is 37.0 Å². The number of hydrogen-bond acceptors (Lipinski definition) is 5. The molecule has 5 N–H and O–H groups in total. The second-order valence-electron chi connectivity index (χ2n) is 9.25. The van der Waals surface area contributed by atoms with E-state index in [1.807, 2.05) is 24.3 Å². The summed E-state index contributed by atoms with van der Waals surface area (Å²) < 4.78 is 5.88. The Labute approximate surface area is 212 Å². The van der Waals surface area contributed by atoms with Gasteiger partial charge in [-0.1, -0.05) is 55.3 Å². The SMILES string of the molecule is Cc1ccc(COC2CCCC2)cc1C.NC(=O)c1cc(-c2ccc(CCC(=O)O)cc2)cnc1N. The molecule has 1 aromatic heterocycles. The van der Waals surface area contributed by atoms with E-state index < -0.39 is 11.9 Å². The molecule has 7 heteroatoms. The maximum atomic E-state index is 11.3. The van der Waals surface area contributed by atoms with Gasteiger partial charge in [0.1, 0.15) is 5.82 Å². The molecule has 4 rings (SSSR count).